The van der Waals surface area contributed by atoms with Crippen molar-refractivity contribution in [1.29, 1.82) is 0 Å². The lowest BCUT2D eigenvalue weighted by Gasteiger charge is -2.08. The molecular weight excluding hydrogens is 206 g/mol. The molecule has 0 spiro atoms. The van der Waals surface area contributed by atoms with Gasteiger partial charge < -0.3 is 9.52 Å². The van der Waals surface area contributed by atoms with Crippen LogP contribution in [0, 0.1) is 0 Å². The predicted molar refractivity (Wildman–Crippen MR) is 58.3 cm³/mol. The third-order valence-electron chi connectivity index (χ3n) is 2.44. The van der Waals surface area contributed by atoms with Crippen molar-refractivity contribution < 1.29 is 14.3 Å². The normalized spacial score (nSPS) is 10.3. The maximum atomic E-state index is 11.1. The molecule has 0 radical (unpaired) electrons. The number of oxazole rings is 1. The highest BCUT2D eigenvalue weighted by Gasteiger charge is 2.16. The third-order valence-corrected chi connectivity index (χ3v) is 2.44. The van der Waals surface area contributed by atoms with E-state index >= 15 is 0 Å². The Hall–Kier alpha value is -2.10. The summed E-state index contributed by atoms with van der Waals surface area (Å²) >= 11 is 0. The van der Waals surface area contributed by atoms with E-state index in [4.69, 9.17) is 9.52 Å². The van der Waals surface area contributed by atoms with Gasteiger partial charge in [0.1, 0.15) is 0 Å². The van der Waals surface area contributed by atoms with Crippen molar-refractivity contribution in [3.05, 3.63) is 41.9 Å². The van der Waals surface area contributed by atoms with Crippen LogP contribution in [0.15, 0.2) is 35.2 Å². The van der Waals surface area contributed by atoms with Crippen molar-refractivity contribution in [2.24, 2.45) is 0 Å². The van der Waals surface area contributed by atoms with Gasteiger partial charge in [0.25, 0.3) is 0 Å². The van der Waals surface area contributed by atoms with Gasteiger partial charge in [-0.2, -0.15) is 0 Å². The molecule has 0 amide bonds. The zero-order valence-corrected chi connectivity index (χ0v) is 8.80. The first-order chi connectivity index (χ1) is 7.74. The number of hydrogen-bond donors (Lipinski definition) is 1. The van der Waals surface area contributed by atoms with E-state index in [1.54, 1.807) is 12.1 Å². The molecule has 1 N–H and O–H groups in total. The number of carboxylic acids is 1. The molecule has 0 saturated heterocycles. The molecule has 0 atom stereocenters. The molecule has 0 fully saturated rings. The average Bonchev–Trinajstić information content (AvgIpc) is 2.81. The topological polar surface area (TPSA) is 63.3 Å². The van der Waals surface area contributed by atoms with Crippen LogP contribution in [-0.4, -0.2) is 16.1 Å². The van der Waals surface area contributed by atoms with Crippen LogP contribution in [0.25, 0.3) is 11.3 Å². The smallest absolute Gasteiger partial charge is 0.336 e. The number of aryl methyl sites for hydroxylation is 1. The fraction of sp³-hybridized carbons (Fsp3) is 0.167. The number of aromatic carboxylic acids is 1. The van der Waals surface area contributed by atoms with Crippen LogP contribution in [0.5, 0.6) is 0 Å². The number of aromatic nitrogens is 1. The molecule has 1 aromatic carbocycles. The van der Waals surface area contributed by atoms with Crippen LogP contribution in [0.2, 0.25) is 0 Å². The van der Waals surface area contributed by atoms with Gasteiger partial charge in [0.05, 0.1) is 11.8 Å². The Morgan fingerprint density at radius 1 is 1.50 bits per heavy atom. The fourth-order valence-corrected chi connectivity index (χ4v) is 1.70. The minimum atomic E-state index is -0.957. The van der Waals surface area contributed by atoms with Crippen molar-refractivity contribution >= 4 is 5.97 Å². The van der Waals surface area contributed by atoms with Crippen molar-refractivity contribution in [3.8, 4) is 11.3 Å². The summed E-state index contributed by atoms with van der Waals surface area (Å²) in [5.41, 5.74) is 1.81. The van der Waals surface area contributed by atoms with Gasteiger partial charge in [-0.1, -0.05) is 19.1 Å². The van der Waals surface area contributed by atoms with Gasteiger partial charge in [0.15, 0.2) is 12.2 Å². The van der Waals surface area contributed by atoms with Gasteiger partial charge in [0, 0.05) is 5.56 Å². The van der Waals surface area contributed by atoms with E-state index in [9.17, 15) is 4.79 Å². The summed E-state index contributed by atoms with van der Waals surface area (Å²) in [7, 11) is 0. The Balaban J connectivity index is 2.68. The lowest BCUT2D eigenvalue weighted by molar-refractivity contribution is 0.0697. The highest BCUT2D eigenvalue weighted by atomic mass is 16.4. The minimum absolute atomic E-state index is 0.246. The molecule has 0 aliphatic rings. The van der Waals surface area contributed by atoms with Gasteiger partial charge in [-0.25, -0.2) is 9.78 Å². The lowest BCUT2D eigenvalue weighted by atomic mass is 9.97. The van der Waals surface area contributed by atoms with E-state index in [2.05, 4.69) is 4.98 Å². The first-order valence-corrected chi connectivity index (χ1v) is 4.98. The van der Waals surface area contributed by atoms with Crippen LogP contribution in [0.4, 0.5) is 0 Å². The number of rotatable bonds is 3. The zero-order valence-electron chi connectivity index (χ0n) is 8.80. The Morgan fingerprint density at radius 2 is 2.31 bits per heavy atom. The van der Waals surface area contributed by atoms with Crippen molar-refractivity contribution in [2.45, 2.75) is 13.3 Å². The summed E-state index contributed by atoms with van der Waals surface area (Å²) in [6.45, 7) is 1.97. The Morgan fingerprint density at radius 3 is 2.88 bits per heavy atom. The van der Waals surface area contributed by atoms with Crippen LogP contribution < -0.4 is 0 Å². The fourth-order valence-electron chi connectivity index (χ4n) is 1.70. The first kappa shape index (κ1) is 10.4. The van der Waals surface area contributed by atoms with E-state index in [0.29, 0.717) is 11.3 Å². The minimum Gasteiger partial charge on any atom is -0.478 e. The summed E-state index contributed by atoms with van der Waals surface area (Å²) in [5, 5.41) is 9.12. The molecule has 4 nitrogen and oxygen atoms in total. The van der Waals surface area contributed by atoms with Crippen molar-refractivity contribution in [1.82, 2.24) is 4.98 Å². The Bertz CT molecular complexity index is 503. The second-order valence-electron chi connectivity index (χ2n) is 3.36. The van der Waals surface area contributed by atoms with E-state index in [1.165, 1.54) is 12.6 Å². The summed E-state index contributed by atoms with van der Waals surface area (Å²) in [5.74, 6) is -0.462. The summed E-state index contributed by atoms with van der Waals surface area (Å²) < 4.78 is 5.18. The molecule has 0 aliphatic heterocycles. The number of carboxylic acid groups (broad SMARTS) is 1. The molecule has 1 aromatic heterocycles. The number of hydrogen-bond acceptors (Lipinski definition) is 3. The monoisotopic (exact) mass is 217 g/mol. The van der Waals surface area contributed by atoms with E-state index in [0.717, 1.165) is 12.0 Å². The third kappa shape index (κ3) is 1.69. The maximum Gasteiger partial charge on any atom is 0.336 e. The maximum absolute atomic E-state index is 11.1. The molecule has 0 saturated carbocycles. The Kier molecular flexibility index (Phi) is 2.72. The van der Waals surface area contributed by atoms with E-state index in [1.807, 2.05) is 13.0 Å². The summed E-state index contributed by atoms with van der Waals surface area (Å²) in [6.07, 6.45) is 3.57. The quantitative estimate of drug-likeness (QED) is 0.858. The second kappa shape index (κ2) is 4.18. The summed E-state index contributed by atoms with van der Waals surface area (Å²) in [4.78, 5) is 14.9. The van der Waals surface area contributed by atoms with Gasteiger partial charge in [-0.15, -0.1) is 0 Å². The first-order valence-electron chi connectivity index (χ1n) is 4.98. The van der Waals surface area contributed by atoms with Gasteiger partial charge in [-0.3, -0.25) is 0 Å². The predicted octanol–water partition coefficient (Wildman–Crippen LogP) is 2.60. The number of benzene rings is 1. The van der Waals surface area contributed by atoms with Crippen LogP contribution in [-0.2, 0) is 6.42 Å². The molecule has 2 aromatic rings. The zero-order chi connectivity index (χ0) is 11.5. The largest absolute Gasteiger partial charge is 0.478 e. The molecule has 1 heterocycles. The Labute approximate surface area is 92.6 Å². The molecule has 4 heteroatoms. The average molecular weight is 217 g/mol. The van der Waals surface area contributed by atoms with Crippen molar-refractivity contribution in [2.75, 3.05) is 0 Å². The second-order valence-corrected chi connectivity index (χ2v) is 3.36. The van der Waals surface area contributed by atoms with Crippen LogP contribution in [0.3, 0.4) is 0 Å². The summed E-state index contributed by atoms with van der Waals surface area (Å²) in [6, 6.07) is 5.20. The SMILES string of the molecule is CCc1cccc(C(=O)O)c1-c1cnco1. The van der Waals surface area contributed by atoms with Crippen molar-refractivity contribution in [3.63, 3.8) is 0 Å². The number of carbonyl (C=O) groups is 1. The molecular formula is C12H11NO3. The lowest BCUT2D eigenvalue weighted by Crippen LogP contribution is -2.01. The molecule has 2 rings (SSSR count). The van der Waals surface area contributed by atoms with Crippen LogP contribution in [0.1, 0.15) is 22.8 Å². The highest BCUT2D eigenvalue weighted by molar-refractivity contribution is 5.96. The molecule has 0 aliphatic carbocycles. The van der Waals surface area contributed by atoms with E-state index in [-0.39, 0.29) is 5.56 Å². The molecule has 0 unspecified atom stereocenters. The van der Waals surface area contributed by atoms with Crippen LogP contribution >= 0.6 is 0 Å². The number of nitrogens with zero attached hydrogens (tertiary/aromatic N) is 1. The molecule has 82 valence electrons. The van der Waals surface area contributed by atoms with E-state index < -0.39 is 5.97 Å². The van der Waals surface area contributed by atoms with Gasteiger partial charge in [0.2, 0.25) is 0 Å². The van der Waals surface area contributed by atoms with Gasteiger partial charge >= 0.3 is 5.97 Å². The molecule has 0 bridgehead atoms. The van der Waals surface area contributed by atoms with Gasteiger partial charge in [-0.05, 0) is 18.1 Å². The molecule has 16 heavy (non-hydrogen) atoms. The highest BCUT2D eigenvalue weighted by Crippen LogP contribution is 2.28. The standard InChI is InChI=1S/C12H11NO3/c1-2-8-4-3-5-9(12(14)15)11(8)10-6-13-7-16-10/h3-7H,2H2,1H3,(H,14,15).